The summed E-state index contributed by atoms with van der Waals surface area (Å²) in [4.78, 5) is 12.5. The highest BCUT2D eigenvalue weighted by molar-refractivity contribution is 8.01. The Labute approximate surface area is 168 Å². The minimum Gasteiger partial charge on any atom is -0.299 e. The first-order valence-electron chi connectivity index (χ1n) is 8.33. The number of hydrogen-bond acceptors (Lipinski definition) is 7. The molecule has 1 N–H and O–H groups in total. The minimum atomic E-state index is -3.64. The molecule has 10 heteroatoms. The molecule has 0 saturated heterocycles. The Morgan fingerprint density at radius 2 is 1.81 bits per heavy atom. The smallest absolute Gasteiger partial charge is 0.246 e. The number of sulfonamides is 1. The van der Waals surface area contributed by atoms with E-state index in [1.54, 1.807) is 11.8 Å². The van der Waals surface area contributed by atoms with Crippen molar-refractivity contribution in [1.82, 2.24) is 10.2 Å². The van der Waals surface area contributed by atoms with Crippen molar-refractivity contribution in [1.29, 1.82) is 0 Å². The van der Waals surface area contributed by atoms with Crippen molar-refractivity contribution >= 4 is 49.8 Å². The van der Waals surface area contributed by atoms with Gasteiger partial charge in [0.05, 0.1) is 11.9 Å². The van der Waals surface area contributed by atoms with Gasteiger partial charge in [-0.1, -0.05) is 54.6 Å². The Kier molecular flexibility index (Phi) is 6.87. The molecule has 0 fully saturated rings. The molecular formula is C17H24N4O3S3. The summed E-state index contributed by atoms with van der Waals surface area (Å²) in [7, 11) is -3.64. The summed E-state index contributed by atoms with van der Waals surface area (Å²) in [6.07, 6.45) is 1.10. The molecule has 0 radical (unpaired) electrons. The maximum Gasteiger partial charge on any atom is 0.246 e. The van der Waals surface area contributed by atoms with Gasteiger partial charge in [0.15, 0.2) is 4.34 Å². The van der Waals surface area contributed by atoms with E-state index in [2.05, 4.69) is 15.5 Å². The van der Waals surface area contributed by atoms with Crippen LogP contribution in [0.4, 0.5) is 10.8 Å². The normalized spacial score (nSPS) is 11.7. The van der Waals surface area contributed by atoms with Crippen molar-refractivity contribution in [3.63, 3.8) is 0 Å². The number of aryl methyl sites for hydroxylation is 3. The number of aromatic nitrogens is 2. The molecule has 2 rings (SSSR count). The average molecular weight is 429 g/mol. The van der Waals surface area contributed by atoms with Crippen LogP contribution in [0.2, 0.25) is 0 Å². The molecule has 1 amide bonds. The molecular weight excluding hydrogens is 404 g/mol. The van der Waals surface area contributed by atoms with Gasteiger partial charge in [-0.3, -0.25) is 14.4 Å². The molecule has 0 spiro atoms. The monoisotopic (exact) mass is 428 g/mol. The van der Waals surface area contributed by atoms with Crippen LogP contribution in [0.5, 0.6) is 0 Å². The first-order valence-corrected chi connectivity index (χ1v) is 11.9. The van der Waals surface area contributed by atoms with Crippen LogP contribution in [-0.2, 0) is 14.8 Å². The molecule has 1 aromatic carbocycles. The second-order valence-corrected chi connectivity index (χ2v) is 11.3. The predicted octanol–water partition coefficient (Wildman–Crippen LogP) is 3.37. The second kappa shape index (κ2) is 8.57. The SMILES string of the molecule is Cc1cc(C)c(N(CC(=O)Nc2nnc(SC(C)C)s2)S(C)(=O)=O)c(C)c1. The van der Waals surface area contributed by atoms with Gasteiger partial charge in [-0.15, -0.1) is 10.2 Å². The number of rotatable bonds is 7. The number of hydrogen-bond donors (Lipinski definition) is 1. The summed E-state index contributed by atoms with van der Waals surface area (Å²) in [6.45, 7) is 9.39. The van der Waals surface area contributed by atoms with Crippen molar-refractivity contribution in [2.45, 2.75) is 44.2 Å². The van der Waals surface area contributed by atoms with E-state index < -0.39 is 15.9 Å². The van der Waals surface area contributed by atoms with Crippen molar-refractivity contribution < 1.29 is 13.2 Å². The van der Waals surface area contributed by atoms with Gasteiger partial charge < -0.3 is 0 Å². The number of nitrogens with one attached hydrogen (secondary N) is 1. The molecule has 1 heterocycles. The van der Waals surface area contributed by atoms with E-state index in [1.807, 2.05) is 46.8 Å². The third kappa shape index (κ3) is 5.91. The van der Waals surface area contributed by atoms with Gasteiger partial charge in [0.25, 0.3) is 0 Å². The maximum atomic E-state index is 12.5. The largest absolute Gasteiger partial charge is 0.299 e. The molecule has 0 saturated carbocycles. The van der Waals surface area contributed by atoms with Gasteiger partial charge in [0, 0.05) is 5.25 Å². The van der Waals surface area contributed by atoms with Crippen LogP contribution in [0.15, 0.2) is 16.5 Å². The lowest BCUT2D eigenvalue weighted by atomic mass is 10.1. The van der Waals surface area contributed by atoms with Crippen LogP contribution in [0.25, 0.3) is 0 Å². The van der Waals surface area contributed by atoms with Crippen molar-refractivity contribution in [2.24, 2.45) is 0 Å². The highest BCUT2D eigenvalue weighted by Gasteiger charge is 2.24. The Hall–Kier alpha value is -1.65. The van der Waals surface area contributed by atoms with Crippen molar-refractivity contribution in [3.8, 4) is 0 Å². The molecule has 0 atom stereocenters. The van der Waals surface area contributed by atoms with E-state index in [-0.39, 0.29) is 6.54 Å². The van der Waals surface area contributed by atoms with Crippen LogP contribution in [0.1, 0.15) is 30.5 Å². The first-order chi connectivity index (χ1) is 12.5. The molecule has 2 aromatic rings. The highest BCUT2D eigenvalue weighted by atomic mass is 32.2. The third-order valence-corrected chi connectivity index (χ3v) is 6.60. The van der Waals surface area contributed by atoms with Crippen LogP contribution in [0, 0.1) is 20.8 Å². The lowest BCUT2D eigenvalue weighted by molar-refractivity contribution is -0.114. The Morgan fingerprint density at radius 3 is 2.33 bits per heavy atom. The summed E-state index contributed by atoms with van der Waals surface area (Å²) >= 11 is 2.82. The first kappa shape index (κ1) is 21.6. The highest BCUT2D eigenvalue weighted by Crippen LogP contribution is 2.30. The predicted molar refractivity (Wildman–Crippen MR) is 112 cm³/mol. The van der Waals surface area contributed by atoms with Gasteiger partial charge in [-0.25, -0.2) is 8.42 Å². The molecule has 148 valence electrons. The average Bonchev–Trinajstić information content (AvgIpc) is 2.90. The lowest BCUT2D eigenvalue weighted by Gasteiger charge is -2.25. The van der Waals surface area contributed by atoms with E-state index >= 15 is 0 Å². The van der Waals surface area contributed by atoms with Gasteiger partial charge in [-0.2, -0.15) is 0 Å². The van der Waals surface area contributed by atoms with E-state index in [0.717, 1.165) is 31.6 Å². The van der Waals surface area contributed by atoms with Gasteiger partial charge in [-0.05, 0) is 31.9 Å². The quantitative estimate of drug-likeness (QED) is 0.537. The van der Waals surface area contributed by atoms with E-state index in [0.29, 0.717) is 16.1 Å². The van der Waals surface area contributed by atoms with Gasteiger partial charge >= 0.3 is 0 Å². The summed E-state index contributed by atoms with van der Waals surface area (Å²) < 4.78 is 26.6. The summed E-state index contributed by atoms with van der Waals surface area (Å²) in [6, 6.07) is 3.80. The number of nitrogens with zero attached hydrogens (tertiary/aromatic N) is 3. The molecule has 27 heavy (non-hydrogen) atoms. The number of carbonyl (C=O) groups is 1. The third-order valence-electron chi connectivity index (χ3n) is 3.56. The number of carbonyl (C=O) groups excluding carboxylic acids is 1. The Bertz CT molecular complexity index is 916. The molecule has 1 aromatic heterocycles. The number of benzene rings is 1. The summed E-state index contributed by atoms with van der Waals surface area (Å²) in [5.74, 6) is -0.461. The lowest BCUT2D eigenvalue weighted by Crippen LogP contribution is -2.38. The summed E-state index contributed by atoms with van der Waals surface area (Å²) in [5.41, 5.74) is 3.18. The topological polar surface area (TPSA) is 92.3 Å². The van der Waals surface area contributed by atoms with Crippen molar-refractivity contribution in [2.75, 3.05) is 22.4 Å². The van der Waals surface area contributed by atoms with E-state index in [4.69, 9.17) is 0 Å². The summed E-state index contributed by atoms with van der Waals surface area (Å²) in [5, 5.41) is 11.3. The van der Waals surface area contributed by atoms with Crippen LogP contribution in [0.3, 0.4) is 0 Å². The standard InChI is InChI=1S/C17H24N4O3S3/c1-10(2)25-17-20-19-16(26-17)18-14(22)9-21(27(6,23)24)15-12(4)7-11(3)8-13(15)5/h7-8,10H,9H2,1-6H3,(H,18,19,22). The number of amides is 1. The molecule has 0 aliphatic heterocycles. The van der Waals surface area contributed by atoms with Gasteiger partial charge in [0.1, 0.15) is 6.54 Å². The zero-order valence-corrected chi connectivity index (χ0v) is 18.7. The minimum absolute atomic E-state index is 0.324. The maximum absolute atomic E-state index is 12.5. The Morgan fingerprint density at radius 1 is 1.22 bits per heavy atom. The fraction of sp³-hybridized carbons (Fsp3) is 0.471. The Balaban J connectivity index is 2.22. The fourth-order valence-electron chi connectivity index (χ4n) is 2.73. The van der Waals surface area contributed by atoms with E-state index in [1.165, 1.54) is 11.3 Å². The van der Waals surface area contributed by atoms with E-state index in [9.17, 15) is 13.2 Å². The number of anilines is 2. The van der Waals surface area contributed by atoms with Crippen LogP contribution in [-0.4, -0.2) is 42.6 Å². The number of thioether (sulfide) groups is 1. The molecule has 0 unspecified atom stereocenters. The molecule has 0 bridgehead atoms. The fourth-order valence-corrected chi connectivity index (χ4v) is 5.69. The second-order valence-electron chi connectivity index (χ2n) is 6.60. The van der Waals surface area contributed by atoms with Crippen LogP contribution >= 0.6 is 23.1 Å². The van der Waals surface area contributed by atoms with Crippen molar-refractivity contribution in [3.05, 3.63) is 28.8 Å². The van der Waals surface area contributed by atoms with Gasteiger partial charge in [0.2, 0.25) is 21.1 Å². The zero-order valence-electron chi connectivity index (χ0n) is 16.2. The molecule has 0 aliphatic rings. The molecule has 0 aliphatic carbocycles. The molecule has 7 nitrogen and oxygen atoms in total. The van der Waals surface area contributed by atoms with Crippen LogP contribution < -0.4 is 9.62 Å². The zero-order chi connectivity index (χ0) is 20.4.